The molecule has 0 unspecified atom stereocenters. The molecule has 0 spiro atoms. The van der Waals surface area contributed by atoms with Gasteiger partial charge in [0, 0.05) is 6.07 Å². The molecule has 0 aromatic carbocycles. The number of pyridine rings is 1. The lowest BCUT2D eigenvalue weighted by Gasteiger charge is -1.95. The van der Waals surface area contributed by atoms with Crippen LogP contribution in [0.5, 0.6) is 0 Å². The maximum absolute atomic E-state index is 10.9. The van der Waals surface area contributed by atoms with Crippen molar-refractivity contribution in [3.63, 3.8) is 0 Å². The van der Waals surface area contributed by atoms with Gasteiger partial charge in [0.1, 0.15) is 5.15 Å². The van der Waals surface area contributed by atoms with Crippen LogP contribution in [0.15, 0.2) is 10.9 Å². The van der Waals surface area contributed by atoms with Crippen LogP contribution in [0.25, 0.3) is 0 Å². The molecule has 0 saturated heterocycles. The van der Waals surface area contributed by atoms with Crippen molar-refractivity contribution in [3.8, 4) is 0 Å². The summed E-state index contributed by atoms with van der Waals surface area (Å²) in [5.41, 5.74) is -0.796. The number of aromatic nitrogens is 1. The molecule has 0 atom stereocenters. The normalized spacial score (nSPS) is 9.83. The van der Waals surface area contributed by atoms with Crippen molar-refractivity contribution >= 4 is 17.3 Å². The van der Waals surface area contributed by atoms with Gasteiger partial charge in [0.05, 0.1) is 4.92 Å². The summed E-state index contributed by atoms with van der Waals surface area (Å²) >= 11 is 5.51. The van der Waals surface area contributed by atoms with Gasteiger partial charge < -0.3 is 4.98 Å². The van der Waals surface area contributed by atoms with Crippen LogP contribution in [-0.4, -0.2) is 9.91 Å². The smallest absolute Gasteiger partial charge is 0.307 e. The van der Waals surface area contributed by atoms with E-state index in [4.69, 9.17) is 11.6 Å². The van der Waals surface area contributed by atoms with Crippen molar-refractivity contribution in [2.24, 2.45) is 0 Å². The average Bonchev–Trinajstić information content (AvgIpc) is 1.96. The molecule has 12 heavy (non-hydrogen) atoms. The van der Waals surface area contributed by atoms with Crippen LogP contribution in [0.1, 0.15) is 5.56 Å². The zero-order chi connectivity index (χ0) is 9.30. The van der Waals surface area contributed by atoms with Gasteiger partial charge in [-0.15, -0.1) is 0 Å². The SMILES string of the molecule is Cc1cc([N+](=O)[O-])c(=O)[nH]c1Cl. The predicted octanol–water partition coefficient (Wildman–Crippen LogP) is 1.24. The number of nitro groups is 1. The number of hydrogen-bond donors (Lipinski definition) is 1. The number of nitrogens with zero attached hydrogens (tertiary/aromatic N) is 1. The van der Waals surface area contributed by atoms with E-state index in [9.17, 15) is 14.9 Å². The second-order valence-corrected chi connectivity index (χ2v) is 2.62. The number of nitrogens with one attached hydrogen (secondary N) is 1. The monoisotopic (exact) mass is 188 g/mol. The molecule has 0 bridgehead atoms. The van der Waals surface area contributed by atoms with Crippen LogP contribution in [0.2, 0.25) is 5.15 Å². The number of rotatable bonds is 1. The van der Waals surface area contributed by atoms with Gasteiger partial charge >= 0.3 is 11.2 Å². The fourth-order valence-corrected chi connectivity index (χ4v) is 0.872. The van der Waals surface area contributed by atoms with Gasteiger partial charge in [-0.2, -0.15) is 0 Å². The molecule has 1 aromatic rings. The van der Waals surface area contributed by atoms with E-state index >= 15 is 0 Å². The number of aromatic amines is 1. The van der Waals surface area contributed by atoms with Gasteiger partial charge in [-0.3, -0.25) is 14.9 Å². The second-order valence-electron chi connectivity index (χ2n) is 2.24. The Labute approximate surface area is 72.1 Å². The lowest BCUT2D eigenvalue weighted by Crippen LogP contribution is -2.11. The van der Waals surface area contributed by atoms with E-state index < -0.39 is 16.2 Å². The summed E-state index contributed by atoms with van der Waals surface area (Å²) in [6.45, 7) is 1.57. The second kappa shape index (κ2) is 2.94. The number of hydrogen-bond acceptors (Lipinski definition) is 3. The third kappa shape index (κ3) is 1.45. The van der Waals surface area contributed by atoms with Gasteiger partial charge in [-0.25, -0.2) is 0 Å². The highest BCUT2D eigenvalue weighted by molar-refractivity contribution is 6.30. The van der Waals surface area contributed by atoms with Gasteiger partial charge in [-0.05, 0) is 12.5 Å². The Morgan fingerprint density at radius 3 is 2.75 bits per heavy atom. The summed E-state index contributed by atoms with van der Waals surface area (Å²) in [4.78, 5) is 22.5. The molecular formula is C6H5ClN2O3. The molecule has 1 N–H and O–H groups in total. The molecule has 1 aromatic heterocycles. The van der Waals surface area contributed by atoms with Crippen LogP contribution in [0, 0.1) is 17.0 Å². The van der Waals surface area contributed by atoms with E-state index in [2.05, 4.69) is 4.98 Å². The van der Waals surface area contributed by atoms with Crippen molar-refractivity contribution < 1.29 is 4.92 Å². The first kappa shape index (κ1) is 8.73. The standard InChI is InChI=1S/C6H5ClN2O3/c1-3-2-4(9(11)12)6(10)8-5(3)7/h2H,1H3,(H,8,10). The van der Waals surface area contributed by atoms with Crippen LogP contribution >= 0.6 is 11.6 Å². The third-order valence-electron chi connectivity index (χ3n) is 1.35. The molecule has 0 aliphatic carbocycles. The molecular weight excluding hydrogens is 184 g/mol. The van der Waals surface area contributed by atoms with Crippen molar-refractivity contribution in [1.29, 1.82) is 0 Å². The average molecular weight is 189 g/mol. The Hall–Kier alpha value is -1.36. The number of halogens is 1. The van der Waals surface area contributed by atoms with Gasteiger partial charge in [-0.1, -0.05) is 11.6 Å². The Morgan fingerprint density at radius 1 is 1.67 bits per heavy atom. The molecule has 0 amide bonds. The fourth-order valence-electron chi connectivity index (χ4n) is 0.732. The number of aryl methyl sites for hydroxylation is 1. The van der Waals surface area contributed by atoms with Crippen LogP contribution in [0.3, 0.4) is 0 Å². The van der Waals surface area contributed by atoms with Crippen molar-refractivity contribution in [2.45, 2.75) is 6.92 Å². The molecule has 0 aliphatic rings. The Kier molecular flexibility index (Phi) is 2.14. The molecule has 64 valence electrons. The molecule has 6 heteroatoms. The van der Waals surface area contributed by atoms with E-state index in [1.807, 2.05) is 0 Å². The van der Waals surface area contributed by atoms with Gasteiger partial charge in [0.25, 0.3) is 0 Å². The molecule has 1 heterocycles. The minimum absolute atomic E-state index is 0.130. The van der Waals surface area contributed by atoms with Crippen LogP contribution < -0.4 is 5.56 Å². The summed E-state index contributed by atoms with van der Waals surface area (Å²) in [5, 5.41) is 10.4. The maximum atomic E-state index is 10.9. The van der Waals surface area contributed by atoms with Gasteiger partial charge in [0.2, 0.25) is 0 Å². The maximum Gasteiger partial charge on any atom is 0.334 e. The topological polar surface area (TPSA) is 76.0 Å². The Morgan fingerprint density at radius 2 is 2.25 bits per heavy atom. The first-order valence-electron chi connectivity index (χ1n) is 3.06. The molecule has 0 radical (unpaired) electrons. The molecule has 1 rings (SSSR count). The predicted molar refractivity (Wildman–Crippen MR) is 43.5 cm³/mol. The summed E-state index contributed by atoms with van der Waals surface area (Å²) in [7, 11) is 0. The van der Waals surface area contributed by atoms with Gasteiger partial charge in [0.15, 0.2) is 0 Å². The summed E-state index contributed by atoms with van der Waals surface area (Å²) < 4.78 is 0. The van der Waals surface area contributed by atoms with E-state index in [-0.39, 0.29) is 5.15 Å². The highest BCUT2D eigenvalue weighted by atomic mass is 35.5. The number of H-pyrrole nitrogens is 1. The van der Waals surface area contributed by atoms with E-state index in [0.29, 0.717) is 5.56 Å². The molecule has 5 nitrogen and oxygen atoms in total. The first-order valence-corrected chi connectivity index (χ1v) is 3.44. The largest absolute Gasteiger partial charge is 0.334 e. The van der Waals surface area contributed by atoms with Crippen LogP contribution in [-0.2, 0) is 0 Å². The highest BCUT2D eigenvalue weighted by Crippen LogP contribution is 2.13. The summed E-state index contributed by atoms with van der Waals surface area (Å²) in [5.74, 6) is 0. The van der Waals surface area contributed by atoms with Crippen molar-refractivity contribution in [2.75, 3.05) is 0 Å². The minimum atomic E-state index is -0.782. The van der Waals surface area contributed by atoms with Crippen molar-refractivity contribution in [1.82, 2.24) is 4.98 Å². The molecule has 0 aliphatic heterocycles. The zero-order valence-electron chi connectivity index (χ0n) is 6.13. The molecule has 0 fully saturated rings. The van der Waals surface area contributed by atoms with E-state index in [0.717, 1.165) is 6.07 Å². The van der Waals surface area contributed by atoms with E-state index in [1.165, 1.54) is 0 Å². The quantitative estimate of drug-likeness (QED) is 0.409. The van der Waals surface area contributed by atoms with Crippen LogP contribution in [0.4, 0.5) is 5.69 Å². The lowest BCUT2D eigenvalue weighted by atomic mass is 10.3. The Balaban J connectivity index is 3.43. The molecule has 0 saturated carbocycles. The third-order valence-corrected chi connectivity index (χ3v) is 1.74. The van der Waals surface area contributed by atoms with E-state index in [1.54, 1.807) is 6.92 Å². The fraction of sp³-hybridized carbons (Fsp3) is 0.167. The Bertz CT molecular complexity index is 385. The summed E-state index contributed by atoms with van der Waals surface area (Å²) in [6, 6.07) is 1.14. The van der Waals surface area contributed by atoms with Crippen molar-refractivity contribution in [3.05, 3.63) is 37.3 Å². The lowest BCUT2D eigenvalue weighted by molar-refractivity contribution is -0.386. The first-order chi connectivity index (χ1) is 5.52. The zero-order valence-corrected chi connectivity index (χ0v) is 6.88. The summed E-state index contributed by atoms with van der Waals surface area (Å²) in [6.07, 6.45) is 0. The minimum Gasteiger partial charge on any atom is -0.307 e. The highest BCUT2D eigenvalue weighted by Gasteiger charge is 2.13.